The van der Waals surface area contributed by atoms with Crippen LogP contribution in [0.1, 0.15) is 48.1 Å². The zero-order valence-corrected chi connectivity index (χ0v) is 12.3. The van der Waals surface area contributed by atoms with Crippen LogP contribution in [0, 0.1) is 5.92 Å². The van der Waals surface area contributed by atoms with Crippen molar-refractivity contribution in [1.29, 1.82) is 0 Å². The Morgan fingerprint density at radius 3 is 3.24 bits per heavy atom. The Balaban J connectivity index is 1.65. The van der Waals surface area contributed by atoms with Gasteiger partial charge in [-0.25, -0.2) is 9.67 Å². The lowest BCUT2D eigenvalue weighted by Gasteiger charge is -2.18. The fourth-order valence-corrected chi connectivity index (χ4v) is 2.72. The monoisotopic (exact) mass is 288 g/mol. The van der Waals surface area contributed by atoms with E-state index >= 15 is 0 Å². The average molecular weight is 288 g/mol. The van der Waals surface area contributed by atoms with Crippen LogP contribution in [0.15, 0.2) is 12.7 Å². The molecule has 0 saturated carbocycles. The summed E-state index contributed by atoms with van der Waals surface area (Å²) >= 11 is 0. The van der Waals surface area contributed by atoms with E-state index in [1.54, 1.807) is 11.0 Å². The van der Waals surface area contributed by atoms with Crippen molar-refractivity contribution in [3.05, 3.63) is 29.6 Å². The van der Waals surface area contributed by atoms with Crippen LogP contribution in [-0.4, -0.2) is 37.4 Å². The molecule has 3 rings (SSSR count). The van der Waals surface area contributed by atoms with Crippen molar-refractivity contribution < 1.29 is 4.79 Å². The van der Waals surface area contributed by atoms with Crippen molar-refractivity contribution in [3.8, 4) is 0 Å². The van der Waals surface area contributed by atoms with E-state index in [9.17, 15) is 4.79 Å². The SMILES string of the molecule is C[C@H]1CCc2[nH]nc(C(=O)NC[C@@H](C)n3cncn3)c2C1. The van der Waals surface area contributed by atoms with Gasteiger partial charge in [0, 0.05) is 17.8 Å². The second kappa shape index (κ2) is 5.67. The largest absolute Gasteiger partial charge is 0.348 e. The number of hydrogen-bond donors (Lipinski definition) is 2. The van der Waals surface area contributed by atoms with Crippen LogP contribution in [-0.2, 0) is 12.8 Å². The van der Waals surface area contributed by atoms with Crippen molar-refractivity contribution in [2.75, 3.05) is 6.54 Å². The van der Waals surface area contributed by atoms with Crippen LogP contribution in [0.4, 0.5) is 0 Å². The van der Waals surface area contributed by atoms with Crippen molar-refractivity contribution in [2.24, 2.45) is 5.92 Å². The number of H-pyrrole nitrogens is 1. The fraction of sp³-hybridized carbons (Fsp3) is 0.571. The molecule has 2 aromatic heterocycles. The number of carbonyl (C=O) groups excluding carboxylic acids is 1. The van der Waals surface area contributed by atoms with E-state index in [1.165, 1.54) is 6.33 Å². The quantitative estimate of drug-likeness (QED) is 0.882. The Hall–Kier alpha value is -2.18. The molecule has 7 nitrogen and oxygen atoms in total. The minimum Gasteiger partial charge on any atom is -0.348 e. The summed E-state index contributed by atoms with van der Waals surface area (Å²) in [6.07, 6.45) is 6.19. The third kappa shape index (κ3) is 2.81. The maximum atomic E-state index is 12.3. The number of amides is 1. The predicted molar refractivity (Wildman–Crippen MR) is 76.8 cm³/mol. The van der Waals surface area contributed by atoms with Crippen LogP contribution >= 0.6 is 0 Å². The van der Waals surface area contributed by atoms with Gasteiger partial charge in [-0.05, 0) is 32.1 Å². The number of fused-ring (bicyclic) bond motifs is 1. The maximum absolute atomic E-state index is 12.3. The van der Waals surface area contributed by atoms with Crippen molar-refractivity contribution in [2.45, 2.75) is 39.2 Å². The molecule has 0 aliphatic heterocycles. The molecule has 0 unspecified atom stereocenters. The average Bonchev–Trinajstić information content (AvgIpc) is 3.13. The smallest absolute Gasteiger partial charge is 0.272 e. The lowest BCUT2D eigenvalue weighted by Crippen LogP contribution is -2.31. The topological polar surface area (TPSA) is 88.5 Å². The van der Waals surface area contributed by atoms with Gasteiger partial charge in [-0.15, -0.1) is 0 Å². The highest BCUT2D eigenvalue weighted by atomic mass is 16.1. The highest BCUT2D eigenvalue weighted by Gasteiger charge is 2.24. The second-order valence-electron chi connectivity index (χ2n) is 5.81. The van der Waals surface area contributed by atoms with Crippen molar-refractivity contribution >= 4 is 5.91 Å². The summed E-state index contributed by atoms with van der Waals surface area (Å²) in [5.41, 5.74) is 2.74. The number of rotatable bonds is 4. The van der Waals surface area contributed by atoms with Crippen LogP contribution in [0.3, 0.4) is 0 Å². The molecule has 1 aliphatic rings. The zero-order chi connectivity index (χ0) is 14.8. The van der Waals surface area contributed by atoms with Gasteiger partial charge in [0.05, 0.1) is 6.04 Å². The third-order valence-corrected chi connectivity index (χ3v) is 4.05. The zero-order valence-electron chi connectivity index (χ0n) is 12.3. The first kappa shape index (κ1) is 13.8. The molecule has 2 atom stereocenters. The van der Waals surface area contributed by atoms with Gasteiger partial charge >= 0.3 is 0 Å². The summed E-state index contributed by atoms with van der Waals surface area (Å²) < 4.78 is 1.72. The third-order valence-electron chi connectivity index (χ3n) is 4.05. The highest BCUT2D eigenvalue weighted by Crippen LogP contribution is 2.26. The van der Waals surface area contributed by atoms with E-state index in [0.29, 0.717) is 18.2 Å². The molecule has 0 radical (unpaired) electrons. The molecule has 0 fully saturated rings. The Bertz CT molecular complexity index is 617. The van der Waals surface area contributed by atoms with Gasteiger partial charge in [0.25, 0.3) is 5.91 Å². The van der Waals surface area contributed by atoms with E-state index in [2.05, 4.69) is 32.5 Å². The second-order valence-corrected chi connectivity index (χ2v) is 5.81. The summed E-state index contributed by atoms with van der Waals surface area (Å²) in [5, 5.41) is 14.2. The normalized spacial score (nSPS) is 19.0. The van der Waals surface area contributed by atoms with Gasteiger partial charge in [0.1, 0.15) is 12.7 Å². The summed E-state index contributed by atoms with van der Waals surface area (Å²) in [6, 6.07) is 0.0603. The molecule has 1 aliphatic carbocycles. The van der Waals surface area contributed by atoms with Gasteiger partial charge in [-0.3, -0.25) is 9.89 Å². The molecule has 0 aromatic carbocycles. The summed E-state index contributed by atoms with van der Waals surface area (Å²) in [7, 11) is 0. The van der Waals surface area contributed by atoms with E-state index in [-0.39, 0.29) is 11.9 Å². The summed E-state index contributed by atoms with van der Waals surface area (Å²) in [4.78, 5) is 16.2. The van der Waals surface area contributed by atoms with Crippen molar-refractivity contribution in [1.82, 2.24) is 30.3 Å². The van der Waals surface area contributed by atoms with Crippen LogP contribution in [0.5, 0.6) is 0 Å². The molecular weight excluding hydrogens is 268 g/mol. The molecule has 2 heterocycles. The first-order valence-corrected chi connectivity index (χ1v) is 7.33. The molecule has 2 N–H and O–H groups in total. The molecule has 0 saturated heterocycles. The molecule has 0 spiro atoms. The molecule has 0 bridgehead atoms. The lowest BCUT2D eigenvalue weighted by molar-refractivity contribution is 0.0941. The van der Waals surface area contributed by atoms with E-state index in [4.69, 9.17) is 0 Å². The van der Waals surface area contributed by atoms with E-state index in [1.807, 2.05) is 6.92 Å². The first-order valence-electron chi connectivity index (χ1n) is 7.33. The van der Waals surface area contributed by atoms with E-state index < -0.39 is 0 Å². The number of nitrogens with zero attached hydrogens (tertiary/aromatic N) is 4. The predicted octanol–water partition coefficient (Wildman–Crippen LogP) is 1.12. The first-order chi connectivity index (χ1) is 10.1. The van der Waals surface area contributed by atoms with Gasteiger partial charge in [-0.1, -0.05) is 6.92 Å². The molecule has 2 aromatic rings. The Labute approximate surface area is 123 Å². The van der Waals surface area contributed by atoms with E-state index in [0.717, 1.165) is 30.5 Å². The number of aryl methyl sites for hydroxylation is 1. The lowest BCUT2D eigenvalue weighted by atomic mass is 9.87. The number of aromatic nitrogens is 5. The van der Waals surface area contributed by atoms with Gasteiger partial charge in [0.15, 0.2) is 5.69 Å². The van der Waals surface area contributed by atoms with Crippen LogP contribution < -0.4 is 5.32 Å². The van der Waals surface area contributed by atoms with Gasteiger partial charge < -0.3 is 5.32 Å². The molecular formula is C14H20N6O. The summed E-state index contributed by atoms with van der Waals surface area (Å²) in [5.74, 6) is 0.490. The molecule has 1 amide bonds. The highest BCUT2D eigenvalue weighted by molar-refractivity contribution is 5.94. The number of hydrogen-bond acceptors (Lipinski definition) is 4. The standard InChI is InChI=1S/C14H20N6O/c1-9-3-4-12-11(5-9)13(19-18-12)14(21)16-6-10(2)20-8-15-7-17-20/h7-10H,3-6H2,1-2H3,(H,16,21)(H,18,19)/t9-,10+/m0/s1. The minimum atomic E-state index is -0.117. The van der Waals surface area contributed by atoms with Crippen LogP contribution in [0.25, 0.3) is 0 Å². The molecule has 21 heavy (non-hydrogen) atoms. The van der Waals surface area contributed by atoms with Crippen molar-refractivity contribution in [3.63, 3.8) is 0 Å². The maximum Gasteiger partial charge on any atom is 0.272 e. The Morgan fingerprint density at radius 2 is 2.48 bits per heavy atom. The number of nitrogens with one attached hydrogen (secondary N) is 2. The minimum absolute atomic E-state index is 0.0603. The Kier molecular flexibility index (Phi) is 3.72. The van der Waals surface area contributed by atoms with Crippen LogP contribution in [0.2, 0.25) is 0 Å². The number of carbonyl (C=O) groups is 1. The molecule has 7 heteroatoms. The summed E-state index contributed by atoms with van der Waals surface area (Å²) in [6.45, 7) is 4.70. The fourth-order valence-electron chi connectivity index (χ4n) is 2.72. The number of aromatic amines is 1. The van der Waals surface area contributed by atoms with Gasteiger partial charge in [-0.2, -0.15) is 10.2 Å². The molecule has 112 valence electrons. The Morgan fingerprint density at radius 1 is 1.62 bits per heavy atom. The van der Waals surface area contributed by atoms with Gasteiger partial charge in [0.2, 0.25) is 0 Å².